The molecule has 0 bridgehead atoms. The molecule has 1 unspecified atom stereocenters. The molecular weight excluding hydrogens is 392 g/mol. The second-order valence-electron chi connectivity index (χ2n) is 8.34. The molecule has 31 heavy (non-hydrogen) atoms. The molecule has 1 N–H and O–H groups in total. The number of aliphatic imine (C=N–C) groups is 1. The maximum absolute atomic E-state index is 15.0. The second kappa shape index (κ2) is 7.12. The first-order chi connectivity index (χ1) is 14.9. The summed E-state index contributed by atoms with van der Waals surface area (Å²) in [4.78, 5) is 8.62. The van der Waals surface area contributed by atoms with E-state index in [1.54, 1.807) is 13.2 Å². The van der Waals surface area contributed by atoms with Gasteiger partial charge in [0.05, 0.1) is 5.69 Å². The minimum Gasteiger partial charge on any atom is -0.385 e. The van der Waals surface area contributed by atoms with Crippen LogP contribution in [0.3, 0.4) is 0 Å². The first-order valence-electron chi connectivity index (χ1n) is 10.4. The molecule has 2 aliphatic carbocycles. The number of fused-ring (bicyclic) bond motifs is 4. The Bertz CT molecular complexity index is 1310. The summed E-state index contributed by atoms with van der Waals surface area (Å²) in [6.45, 7) is 4.62. The molecule has 5 rings (SSSR count). The van der Waals surface area contributed by atoms with Gasteiger partial charge in [0.2, 0.25) is 0 Å². The Hall–Kier alpha value is -3.34. The zero-order valence-corrected chi connectivity index (χ0v) is 17.8. The quantitative estimate of drug-likeness (QED) is 0.429. The van der Waals surface area contributed by atoms with Gasteiger partial charge in [-0.25, -0.2) is 8.78 Å². The third-order valence-corrected chi connectivity index (χ3v) is 6.30. The first-order valence-corrected chi connectivity index (χ1v) is 10.4. The lowest BCUT2D eigenvalue weighted by Gasteiger charge is -2.27. The van der Waals surface area contributed by atoms with Crippen molar-refractivity contribution in [2.75, 3.05) is 13.6 Å². The van der Waals surface area contributed by atoms with Gasteiger partial charge in [0.1, 0.15) is 11.6 Å². The molecule has 0 saturated heterocycles. The van der Waals surface area contributed by atoms with Gasteiger partial charge in [-0.3, -0.25) is 9.98 Å². The van der Waals surface area contributed by atoms with Crippen LogP contribution in [0.4, 0.5) is 8.78 Å². The van der Waals surface area contributed by atoms with Gasteiger partial charge in [0, 0.05) is 59.2 Å². The van der Waals surface area contributed by atoms with E-state index in [0.29, 0.717) is 29.8 Å². The number of hydrogen-bond donors (Lipinski definition) is 1. The van der Waals surface area contributed by atoms with Crippen LogP contribution in [-0.2, 0) is 5.41 Å². The molecule has 1 atom stereocenters. The van der Waals surface area contributed by atoms with Crippen molar-refractivity contribution in [2.45, 2.75) is 25.7 Å². The van der Waals surface area contributed by atoms with E-state index < -0.39 is 17.0 Å². The summed E-state index contributed by atoms with van der Waals surface area (Å²) >= 11 is 0. The lowest BCUT2D eigenvalue weighted by molar-refractivity contribution is 0.573. The number of hydrogen-bond acceptors (Lipinski definition) is 3. The predicted octanol–water partition coefficient (Wildman–Crippen LogP) is 5.69. The standard InChI is InChI=1S/C26H23F2N3/c1-15(29-3)10-16(2)31-14-17-12-26(13-17)23-21(28)11-20(27)22(24(23)26)25-19-7-5-4-6-18(19)8-9-30-25/h4-12,31H,13-14H2,1-3H3/b16-10-,29-15?. The van der Waals surface area contributed by atoms with Crippen molar-refractivity contribution < 1.29 is 8.78 Å². The molecular formula is C26H23F2N3. The zero-order valence-electron chi connectivity index (χ0n) is 17.8. The summed E-state index contributed by atoms with van der Waals surface area (Å²) in [5.41, 5.74) is 5.05. The minimum absolute atomic E-state index is 0.433. The highest BCUT2D eigenvalue weighted by atomic mass is 19.1. The smallest absolute Gasteiger partial charge is 0.135 e. The van der Waals surface area contributed by atoms with Gasteiger partial charge in [0.15, 0.2) is 0 Å². The number of halogens is 2. The van der Waals surface area contributed by atoms with Crippen molar-refractivity contribution in [3.63, 3.8) is 0 Å². The number of nitrogens with zero attached hydrogens (tertiary/aromatic N) is 2. The number of allylic oxidation sites excluding steroid dienone is 3. The van der Waals surface area contributed by atoms with Crippen LogP contribution in [0.1, 0.15) is 31.4 Å². The normalized spacial score (nSPS) is 19.8. The molecule has 0 saturated carbocycles. The topological polar surface area (TPSA) is 37.3 Å². The number of benzene rings is 2. The molecule has 1 aromatic heterocycles. The van der Waals surface area contributed by atoms with Crippen LogP contribution in [0.2, 0.25) is 0 Å². The van der Waals surface area contributed by atoms with Gasteiger partial charge in [-0.15, -0.1) is 0 Å². The fraction of sp³-hybridized carbons (Fsp3) is 0.231. The van der Waals surface area contributed by atoms with Crippen molar-refractivity contribution in [3.05, 3.63) is 88.8 Å². The maximum Gasteiger partial charge on any atom is 0.135 e. The van der Waals surface area contributed by atoms with E-state index in [4.69, 9.17) is 0 Å². The molecule has 5 heteroatoms. The summed E-state index contributed by atoms with van der Waals surface area (Å²) in [5.74, 6) is -1.02. The number of pyridine rings is 1. The molecule has 3 nitrogen and oxygen atoms in total. The third kappa shape index (κ3) is 3.07. The monoisotopic (exact) mass is 415 g/mol. The Morgan fingerprint density at radius 3 is 2.71 bits per heavy atom. The highest BCUT2D eigenvalue weighted by molar-refractivity contribution is 5.98. The summed E-state index contributed by atoms with van der Waals surface area (Å²) in [7, 11) is 1.76. The van der Waals surface area contributed by atoms with Crippen molar-refractivity contribution in [1.82, 2.24) is 10.3 Å². The van der Waals surface area contributed by atoms with Crippen LogP contribution in [0.5, 0.6) is 0 Å². The van der Waals surface area contributed by atoms with Crippen molar-refractivity contribution in [3.8, 4) is 11.3 Å². The van der Waals surface area contributed by atoms with Crippen LogP contribution >= 0.6 is 0 Å². The van der Waals surface area contributed by atoms with Crippen LogP contribution in [0.25, 0.3) is 22.0 Å². The number of rotatable bonds is 5. The molecule has 3 aromatic rings. The minimum atomic E-state index is -0.551. The van der Waals surface area contributed by atoms with Crippen LogP contribution in [0, 0.1) is 11.6 Å². The third-order valence-electron chi connectivity index (χ3n) is 6.30. The van der Waals surface area contributed by atoms with Gasteiger partial charge in [0.25, 0.3) is 0 Å². The van der Waals surface area contributed by atoms with Crippen molar-refractivity contribution in [2.24, 2.45) is 4.99 Å². The van der Waals surface area contributed by atoms with E-state index in [9.17, 15) is 4.39 Å². The van der Waals surface area contributed by atoms with E-state index >= 15 is 4.39 Å². The van der Waals surface area contributed by atoms with Crippen molar-refractivity contribution >= 4 is 16.5 Å². The number of nitrogens with one attached hydrogen (secondary N) is 1. The molecule has 0 amide bonds. The Balaban J connectivity index is 1.49. The summed E-state index contributed by atoms with van der Waals surface area (Å²) in [6.07, 6.45) is 6.45. The van der Waals surface area contributed by atoms with Gasteiger partial charge in [-0.2, -0.15) is 0 Å². The highest BCUT2D eigenvalue weighted by Gasteiger charge is 2.58. The Labute approximate surface area is 180 Å². The average Bonchev–Trinajstić information content (AvgIpc) is 3.41. The molecule has 0 fully saturated rings. The van der Waals surface area contributed by atoms with Crippen LogP contribution in [-0.4, -0.2) is 24.3 Å². The first kappa shape index (κ1) is 19.6. The van der Waals surface area contributed by atoms with Crippen LogP contribution in [0.15, 0.2) is 71.0 Å². The highest BCUT2D eigenvalue weighted by Crippen LogP contribution is 2.65. The predicted molar refractivity (Wildman–Crippen MR) is 121 cm³/mol. The van der Waals surface area contributed by atoms with E-state index in [2.05, 4.69) is 21.4 Å². The molecule has 1 heterocycles. The fourth-order valence-electron chi connectivity index (χ4n) is 4.73. The summed E-state index contributed by atoms with van der Waals surface area (Å²) in [6, 6.07) is 10.7. The van der Waals surface area contributed by atoms with Crippen LogP contribution < -0.4 is 5.32 Å². The Morgan fingerprint density at radius 2 is 1.94 bits per heavy atom. The molecule has 2 aliphatic rings. The largest absolute Gasteiger partial charge is 0.385 e. The number of aromatic nitrogens is 1. The Morgan fingerprint density at radius 1 is 1.16 bits per heavy atom. The van der Waals surface area contributed by atoms with E-state index in [-0.39, 0.29) is 0 Å². The van der Waals surface area contributed by atoms with Gasteiger partial charge >= 0.3 is 0 Å². The van der Waals surface area contributed by atoms with Gasteiger partial charge in [-0.05, 0) is 43.4 Å². The average molecular weight is 415 g/mol. The lowest BCUT2D eigenvalue weighted by atomic mass is 9.78. The molecule has 0 radical (unpaired) electrons. The Kier molecular flexibility index (Phi) is 4.50. The maximum atomic E-state index is 15.0. The zero-order chi connectivity index (χ0) is 21.8. The SMILES string of the molecule is CN=C(C)/C=C(/C)NCC1=CC2(C1)c1c(F)cc(F)c(-c3nccc4ccccc34)c12. The molecule has 0 aliphatic heterocycles. The lowest BCUT2D eigenvalue weighted by Crippen LogP contribution is -2.26. The van der Waals surface area contributed by atoms with Gasteiger partial charge in [-0.1, -0.05) is 35.9 Å². The van der Waals surface area contributed by atoms with E-state index in [0.717, 1.165) is 33.8 Å². The second-order valence-corrected chi connectivity index (χ2v) is 8.34. The molecule has 2 aromatic carbocycles. The van der Waals surface area contributed by atoms with Gasteiger partial charge < -0.3 is 5.32 Å². The van der Waals surface area contributed by atoms with Crippen molar-refractivity contribution in [1.29, 1.82) is 0 Å². The van der Waals surface area contributed by atoms with E-state index in [1.165, 1.54) is 5.57 Å². The summed E-state index contributed by atoms with van der Waals surface area (Å²) < 4.78 is 29.7. The molecule has 1 spiro atoms. The summed E-state index contributed by atoms with van der Waals surface area (Å²) in [5, 5.41) is 5.23. The molecule has 156 valence electrons. The fourth-order valence-corrected chi connectivity index (χ4v) is 4.73. The van der Waals surface area contributed by atoms with E-state index in [1.807, 2.05) is 50.3 Å².